The van der Waals surface area contributed by atoms with Crippen LogP contribution in [0.25, 0.3) is 0 Å². The quantitative estimate of drug-likeness (QED) is 0.169. The minimum atomic E-state index is -1.26. The van der Waals surface area contributed by atoms with Gasteiger partial charge in [0.1, 0.15) is 0 Å². The molecule has 0 unspecified atom stereocenters. The van der Waals surface area contributed by atoms with Crippen LogP contribution in [0, 0.1) is 0 Å². The van der Waals surface area contributed by atoms with Crippen LogP contribution in [0.1, 0.15) is 90.9 Å². The maximum absolute atomic E-state index is 9.55. The van der Waals surface area contributed by atoms with Gasteiger partial charge in [0.25, 0.3) is 0 Å². The standard InChI is InChI=1S/2C8H17.C4H4O4.Sn/c2*1-3-5-7-8-6-4-2;5-3(6)1-2-4(7)8;/h2*1,3-8H2,2H3;1-2H,(H,5,6)(H,7,8);/b;;2-1-;. The second kappa shape index (κ2) is 23.5. The molecule has 0 bridgehead atoms. The van der Waals surface area contributed by atoms with Gasteiger partial charge in [-0.2, -0.15) is 0 Å². The van der Waals surface area contributed by atoms with Crippen LogP contribution in [0.15, 0.2) is 12.2 Å². The van der Waals surface area contributed by atoms with E-state index in [1.807, 2.05) is 0 Å². The van der Waals surface area contributed by atoms with E-state index in [2.05, 4.69) is 13.8 Å². The fourth-order valence-electron chi connectivity index (χ4n) is 2.33. The number of rotatable bonds is 16. The third-order valence-corrected chi connectivity index (χ3v) is 7.82. The van der Waals surface area contributed by atoms with E-state index in [0.717, 1.165) is 0 Å². The van der Waals surface area contributed by atoms with E-state index in [4.69, 9.17) is 10.2 Å². The van der Waals surface area contributed by atoms with Crippen molar-refractivity contribution in [2.75, 3.05) is 0 Å². The van der Waals surface area contributed by atoms with Crippen molar-refractivity contribution >= 4 is 33.1 Å². The summed E-state index contributed by atoms with van der Waals surface area (Å²) in [6.07, 6.45) is 18.9. The molecule has 0 atom stereocenters. The molecular formula is C20H38O4Sn. The Morgan fingerprint density at radius 2 is 0.960 bits per heavy atom. The second-order valence-corrected chi connectivity index (χ2v) is 10.6. The van der Waals surface area contributed by atoms with E-state index in [-0.39, 0.29) is 21.1 Å². The molecule has 0 rings (SSSR count). The third-order valence-electron chi connectivity index (χ3n) is 3.78. The van der Waals surface area contributed by atoms with Crippen LogP contribution in [-0.4, -0.2) is 43.3 Å². The summed E-state index contributed by atoms with van der Waals surface area (Å²) in [6.45, 7) is 4.60. The van der Waals surface area contributed by atoms with E-state index < -0.39 is 11.9 Å². The Morgan fingerprint density at radius 1 is 0.640 bits per heavy atom. The molecule has 0 spiro atoms. The molecule has 0 aromatic carbocycles. The second-order valence-electron chi connectivity index (χ2n) is 6.30. The van der Waals surface area contributed by atoms with Crippen LogP contribution >= 0.6 is 0 Å². The largest absolute Gasteiger partial charge is 0.478 e. The molecule has 2 radical (unpaired) electrons. The topological polar surface area (TPSA) is 74.6 Å². The van der Waals surface area contributed by atoms with Crippen molar-refractivity contribution in [1.29, 1.82) is 0 Å². The molecule has 5 heteroatoms. The fraction of sp³-hybridized carbons (Fsp3) is 0.800. The normalized spacial score (nSPS) is 10.5. The minimum Gasteiger partial charge on any atom is -0.478 e. The zero-order chi connectivity index (χ0) is 19.2. The van der Waals surface area contributed by atoms with E-state index >= 15 is 0 Å². The van der Waals surface area contributed by atoms with E-state index in [1.165, 1.54) is 64.2 Å². The molecule has 0 aliphatic carbocycles. The van der Waals surface area contributed by atoms with Crippen LogP contribution in [0.4, 0.5) is 0 Å². The maximum Gasteiger partial charge on any atom is 0.328 e. The molecular weight excluding hydrogens is 423 g/mol. The summed E-state index contributed by atoms with van der Waals surface area (Å²) in [5.41, 5.74) is 0. The SMILES string of the molecule is CCCCCCC[CH2][Sn][CH2]CCCCCCC.O=C(O)/C=C\C(=O)O. The van der Waals surface area contributed by atoms with Gasteiger partial charge in [0.15, 0.2) is 0 Å². The van der Waals surface area contributed by atoms with Crippen molar-refractivity contribution in [1.82, 2.24) is 0 Å². The predicted molar refractivity (Wildman–Crippen MR) is 107 cm³/mol. The molecule has 0 fully saturated rings. The van der Waals surface area contributed by atoms with Gasteiger partial charge in [0.2, 0.25) is 0 Å². The van der Waals surface area contributed by atoms with Gasteiger partial charge in [-0.1, -0.05) is 0 Å². The Balaban J connectivity index is 0. The van der Waals surface area contributed by atoms with Crippen LogP contribution < -0.4 is 0 Å². The van der Waals surface area contributed by atoms with Crippen molar-refractivity contribution in [3.63, 3.8) is 0 Å². The van der Waals surface area contributed by atoms with Crippen molar-refractivity contribution < 1.29 is 19.8 Å². The first-order chi connectivity index (χ1) is 12.0. The van der Waals surface area contributed by atoms with E-state index in [9.17, 15) is 9.59 Å². The number of hydrogen-bond donors (Lipinski definition) is 2. The van der Waals surface area contributed by atoms with Gasteiger partial charge in [-0.3, -0.25) is 0 Å². The summed E-state index contributed by atoms with van der Waals surface area (Å²) < 4.78 is 3.31. The first-order valence-corrected chi connectivity index (χ1v) is 13.9. The van der Waals surface area contributed by atoms with Gasteiger partial charge in [0, 0.05) is 12.2 Å². The molecule has 25 heavy (non-hydrogen) atoms. The molecule has 0 aliphatic heterocycles. The Bertz CT molecular complexity index is 300. The molecule has 0 aromatic rings. The van der Waals surface area contributed by atoms with Gasteiger partial charge in [-0.05, 0) is 0 Å². The molecule has 0 saturated carbocycles. The first kappa shape index (κ1) is 26.7. The van der Waals surface area contributed by atoms with Gasteiger partial charge in [-0.15, -0.1) is 0 Å². The molecule has 2 N–H and O–H groups in total. The average Bonchev–Trinajstić information content (AvgIpc) is 2.58. The van der Waals surface area contributed by atoms with Crippen molar-refractivity contribution in [3.8, 4) is 0 Å². The molecule has 0 aromatic heterocycles. The van der Waals surface area contributed by atoms with Gasteiger partial charge < -0.3 is 10.2 Å². The summed E-state index contributed by atoms with van der Waals surface area (Å²) in [5.74, 6) is -2.51. The van der Waals surface area contributed by atoms with E-state index in [1.54, 1.807) is 21.7 Å². The van der Waals surface area contributed by atoms with E-state index in [0.29, 0.717) is 12.2 Å². The van der Waals surface area contributed by atoms with Gasteiger partial charge >= 0.3 is 133 Å². The number of carboxylic acid groups (broad SMARTS) is 2. The molecule has 0 amide bonds. The van der Waals surface area contributed by atoms with Crippen LogP contribution in [0.2, 0.25) is 8.87 Å². The predicted octanol–water partition coefficient (Wildman–Crippen LogP) is 5.96. The van der Waals surface area contributed by atoms with Gasteiger partial charge in [-0.25, -0.2) is 9.59 Å². The zero-order valence-electron chi connectivity index (χ0n) is 16.3. The first-order valence-electron chi connectivity index (χ1n) is 9.89. The van der Waals surface area contributed by atoms with Crippen molar-refractivity contribution in [2.24, 2.45) is 0 Å². The number of unbranched alkanes of at least 4 members (excludes halogenated alkanes) is 10. The van der Waals surface area contributed by atoms with Crippen LogP contribution in [-0.2, 0) is 9.59 Å². The van der Waals surface area contributed by atoms with Crippen LogP contribution in [0.5, 0.6) is 0 Å². The summed E-state index contributed by atoms with van der Waals surface area (Å²) >= 11 is 0.0736. The monoisotopic (exact) mass is 462 g/mol. The Labute approximate surface area is 164 Å². The van der Waals surface area contributed by atoms with Crippen molar-refractivity contribution in [3.05, 3.63) is 12.2 Å². The summed E-state index contributed by atoms with van der Waals surface area (Å²) in [7, 11) is 0. The fourth-order valence-corrected chi connectivity index (χ4v) is 5.90. The van der Waals surface area contributed by atoms with Gasteiger partial charge in [0.05, 0.1) is 0 Å². The molecule has 0 saturated heterocycles. The smallest absolute Gasteiger partial charge is 0.328 e. The van der Waals surface area contributed by atoms with Crippen molar-refractivity contribution in [2.45, 2.75) is 99.8 Å². The third kappa shape index (κ3) is 31.7. The van der Waals surface area contributed by atoms with Crippen LogP contribution in [0.3, 0.4) is 0 Å². The Hall–Kier alpha value is -0.521. The zero-order valence-corrected chi connectivity index (χ0v) is 19.1. The molecule has 0 aliphatic rings. The summed E-state index contributed by atoms with van der Waals surface area (Å²) in [4.78, 5) is 19.1. The maximum atomic E-state index is 9.55. The summed E-state index contributed by atoms with van der Waals surface area (Å²) in [5, 5.41) is 15.6. The number of hydrogen-bond acceptors (Lipinski definition) is 2. The average molecular weight is 461 g/mol. The Kier molecular flexibility index (Phi) is 25.1. The number of carboxylic acids is 2. The molecule has 4 nitrogen and oxygen atoms in total. The summed E-state index contributed by atoms with van der Waals surface area (Å²) in [6, 6.07) is 0. The Morgan fingerprint density at radius 3 is 1.28 bits per heavy atom. The minimum absolute atomic E-state index is 0.0736. The number of carbonyl (C=O) groups is 2. The molecule has 146 valence electrons. The molecule has 0 heterocycles. The number of aliphatic carboxylic acids is 2.